The topological polar surface area (TPSA) is 20.3 Å². The van der Waals surface area contributed by atoms with E-state index < -0.39 is 0 Å². The summed E-state index contributed by atoms with van der Waals surface area (Å²) in [7, 11) is 0.434. The van der Waals surface area contributed by atoms with Crippen molar-refractivity contribution >= 4 is 33.7 Å². The number of benzene rings is 3. The number of hydrogen-bond donors (Lipinski definition) is 0. The Morgan fingerprint density at radius 1 is 0.741 bits per heavy atom. The van der Waals surface area contributed by atoms with E-state index in [9.17, 15) is 4.79 Å². The fraction of sp³-hybridized carbons (Fsp3) is 0.208. The Hall–Kier alpha value is -2.52. The second-order valence-electron chi connectivity index (χ2n) is 6.88. The summed E-state index contributed by atoms with van der Waals surface area (Å²) in [6.45, 7) is 1.60. The maximum absolute atomic E-state index is 11.6. The van der Waals surface area contributed by atoms with Crippen molar-refractivity contribution in [2.75, 3.05) is 16.4 Å². The Morgan fingerprint density at radius 3 is 1.81 bits per heavy atom. The molecular formula is C24H24NOS+. The van der Waals surface area contributed by atoms with Gasteiger partial charge in [-0.25, -0.2) is 0 Å². The zero-order chi connectivity index (χ0) is 18.6. The second kappa shape index (κ2) is 8.01. The van der Waals surface area contributed by atoms with Crippen LogP contribution in [0.25, 0.3) is 0 Å². The Labute approximate surface area is 164 Å². The summed E-state index contributed by atoms with van der Waals surface area (Å²) in [4.78, 5) is 15.3. The molecule has 0 bridgehead atoms. The summed E-state index contributed by atoms with van der Waals surface area (Å²) >= 11 is 0. The monoisotopic (exact) mass is 374 g/mol. The van der Waals surface area contributed by atoms with Gasteiger partial charge in [0.25, 0.3) is 0 Å². The van der Waals surface area contributed by atoms with Crippen LogP contribution in [0.5, 0.6) is 0 Å². The molecule has 4 rings (SSSR count). The average molecular weight is 375 g/mol. The van der Waals surface area contributed by atoms with Crippen LogP contribution in [0.3, 0.4) is 0 Å². The molecule has 0 unspecified atom stereocenters. The van der Waals surface area contributed by atoms with Crippen LogP contribution in [0.15, 0.2) is 83.8 Å². The Bertz CT molecular complexity index is 897. The van der Waals surface area contributed by atoms with E-state index >= 15 is 0 Å². The van der Waals surface area contributed by atoms with Crippen LogP contribution in [0.1, 0.15) is 30.1 Å². The largest absolute Gasteiger partial charge is 0.310 e. The summed E-state index contributed by atoms with van der Waals surface area (Å²) in [5, 5.41) is 0. The number of hydrogen-bond acceptors (Lipinski definition) is 2. The van der Waals surface area contributed by atoms with Crippen LogP contribution in [-0.4, -0.2) is 17.3 Å². The van der Waals surface area contributed by atoms with Gasteiger partial charge in [-0.15, -0.1) is 0 Å². The van der Waals surface area contributed by atoms with E-state index in [2.05, 4.69) is 53.4 Å². The third-order valence-electron chi connectivity index (χ3n) is 5.01. The van der Waals surface area contributed by atoms with Gasteiger partial charge in [0.15, 0.2) is 10.7 Å². The van der Waals surface area contributed by atoms with Crippen LogP contribution >= 0.6 is 0 Å². The van der Waals surface area contributed by atoms with Crippen molar-refractivity contribution in [2.45, 2.75) is 24.7 Å². The van der Waals surface area contributed by atoms with E-state index in [4.69, 9.17) is 0 Å². The molecule has 0 spiro atoms. The van der Waals surface area contributed by atoms with E-state index in [1.165, 1.54) is 29.2 Å². The molecule has 0 aromatic heterocycles. The molecule has 27 heavy (non-hydrogen) atoms. The van der Waals surface area contributed by atoms with Crippen molar-refractivity contribution in [3.8, 4) is 0 Å². The fourth-order valence-electron chi connectivity index (χ4n) is 3.55. The van der Waals surface area contributed by atoms with E-state index in [-0.39, 0.29) is 5.78 Å². The van der Waals surface area contributed by atoms with Crippen LogP contribution in [0, 0.1) is 0 Å². The normalized spacial score (nSPS) is 14.3. The zero-order valence-electron chi connectivity index (χ0n) is 15.6. The number of para-hydroxylation sites is 1. The summed E-state index contributed by atoms with van der Waals surface area (Å²) in [6.07, 6.45) is 2.73. The molecule has 3 aromatic rings. The average Bonchev–Trinajstić information content (AvgIpc) is 3.25. The number of carbonyl (C=O) groups excluding carboxylic acids is 1. The standard InChI is InChI=1S/C24H24NOS/c1-19(26)20-9-11-22(12-10-20)25(21-7-3-2-4-8-21)23-13-15-24(16-14-23)27-17-5-6-18-27/h2-4,7-16H,5-6,17-18H2,1H3/q+1. The van der Waals surface area contributed by atoms with Crippen molar-refractivity contribution < 1.29 is 4.79 Å². The maximum atomic E-state index is 11.6. The van der Waals surface area contributed by atoms with Gasteiger partial charge >= 0.3 is 0 Å². The lowest BCUT2D eigenvalue weighted by Gasteiger charge is -2.25. The first kappa shape index (κ1) is 17.9. The van der Waals surface area contributed by atoms with Gasteiger partial charge in [-0.1, -0.05) is 18.2 Å². The van der Waals surface area contributed by atoms with Crippen LogP contribution in [0.4, 0.5) is 17.1 Å². The lowest BCUT2D eigenvalue weighted by molar-refractivity contribution is 0.101. The predicted molar refractivity (Wildman–Crippen MR) is 116 cm³/mol. The first-order valence-corrected chi connectivity index (χ1v) is 11.0. The lowest BCUT2D eigenvalue weighted by atomic mass is 10.1. The van der Waals surface area contributed by atoms with E-state index in [1.54, 1.807) is 6.92 Å². The minimum atomic E-state index is 0.0923. The van der Waals surface area contributed by atoms with Crippen LogP contribution in [0.2, 0.25) is 0 Å². The molecule has 0 saturated carbocycles. The highest BCUT2D eigenvalue weighted by Gasteiger charge is 2.26. The molecule has 0 atom stereocenters. The van der Waals surface area contributed by atoms with Gasteiger partial charge in [-0.3, -0.25) is 4.79 Å². The van der Waals surface area contributed by atoms with E-state index in [0.717, 1.165) is 22.6 Å². The molecular weight excluding hydrogens is 350 g/mol. The summed E-state index contributed by atoms with van der Waals surface area (Å²) in [5.41, 5.74) is 4.05. The summed E-state index contributed by atoms with van der Waals surface area (Å²) < 4.78 is 0. The maximum Gasteiger partial charge on any atom is 0.159 e. The van der Waals surface area contributed by atoms with E-state index in [0.29, 0.717) is 10.9 Å². The Balaban J connectivity index is 1.71. The minimum Gasteiger partial charge on any atom is -0.310 e. The number of Topliss-reactive ketones (excluding diaryl/α,β-unsaturated/α-hetero) is 1. The smallest absolute Gasteiger partial charge is 0.159 e. The first-order valence-electron chi connectivity index (χ1n) is 9.46. The molecule has 1 fully saturated rings. The first-order chi connectivity index (χ1) is 13.2. The van der Waals surface area contributed by atoms with Gasteiger partial charge in [0, 0.05) is 33.5 Å². The number of anilines is 3. The molecule has 0 amide bonds. The molecule has 1 heterocycles. The SMILES string of the molecule is CC(=O)c1ccc(N(c2ccccc2)c2ccc([S+]3CCCC3)cc2)cc1. The van der Waals surface area contributed by atoms with Gasteiger partial charge in [0.2, 0.25) is 0 Å². The number of rotatable bonds is 5. The second-order valence-corrected chi connectivity index (χ2v) is 9.15. The Kier molecular flexibility index (Phi) is 5.30. The van der Waals surface area contributed by atoms with Gasteiger partial charge in [-0.05, 0) is 80.4 Å². The molecule has 0 N–H and O–H groups in total. The predicted octanol–water partition coefficient (Wildman–Crippen LogP) is 6.13. The van der Waals surface area contributed by atoms with Crippen molar-refractivity contribution in [2.24, 2.45) is 0 Å². The number of ketones is 1. The Morgan fingerprint density at radius 2 is 1.26 bits per heavy atom. The molecule has 0 radical (unpaired) electrons. The van der Waals surface area contributed by atoms with E-state index in [1.807, 2.05) is 30.3 Å². The summed E-state index contributed by atoms with van der Waals surface area (Å²) in [6, 6.07) is 27.3. The van der Waals surface area contributed by atoms with Crippen molar-refractivity contribution in [1.82, 2.24) is 0 Å². The van der Waals surface area contributed by atoms with Crippen molar-refractivity contribution in [1.29, 1.82) is 0 Å². The van der Waals surface area contributed by atoms with Crippen LogP contribution in [-0.2, 0) is 10.9 Å². The molecule has 3 aromatic carbocycles. The molecule has 1 saturated heterocycles. The number of nitrogens with zero attached hydrogens (tertiary/aromatic N) is 1. The third kappa shape index (κ3) is 3.93. The van der Waals surface area contributed by atoms with Gasteiger partial charge in [0.05, 0.1) is 0 Å². The number of carbonyl (C=O) groups is 1. The highest BCUT2D eigenvalue weighted by molar-refractivity contribution is 7.97. The van der Waals surface area contributed by atoms with Crippen molar-refractivity contribution in [3.63, 3.8) is 0 Å². The minimum absolute atomic E-state index is 0.0923. The van der Waals surface area contributed by atoms with Gasteiger partial charge in [0.1, 0.15) is 11.5 Å². The highest BCUT2D eigenvalue weighted by Crippen LogP contribution is 2.35. The molecule has 2 nitrogen and oxygen atoms in total. The molecule has 1 aliphatic heterocycles. The quantitative estimate of drug-likeness (QED) is 0.395. The van der Waals surface area contributed by atoms with Crippen molar-refractivity contribution in [3.05, 3.63) is 84.4 Å². The van der Waals surface area contributed by atoms with Gasteiger partial charge in [-0.2, -0.15) is 0 Å². The van der Waals surface area contributed by atoms with Gasteiger partial charge < -0.3 is 4.90 Å². The molecule has 3 heteroatoms. The zero-order valence-corrected chi connectivity index (χ0v) is 16.4. The molecule has 0 aliphatic carbocycles. The molecule has 1 aliphatic rings. The highest BCUT2D eigenvalue weighted by atomic mass is 32.2. The lowest BCUT2D eigenvalue weighted by Crippen LogP contribution is -2.11. The molecule has 136 valence electrons. The third-order valence-corrected chi connectivity index (χ3v) is 7.51. The fourth-order valence-corrected chi connectivity index (χ4v) is 5.85. The summed E-state index contributed by atoms with van der Waals surface area (Å²) in [5.74, 6) is 2.78. The van der Waals surface area contributed by atoms with Crippen LogP contribution < -0.4 is 4.90 Å².